The van der Waals surface area contributed by atoms with Gasteiger partial charge in [0.1, 0.15) is 5.82 Å². The van der Waals surface area contributed by atoms with Crippen molar-refractivity contribution in [3.8, 4) is 0 Å². The fourth-order valence-corrected chi connectivity index (χ4v) is 2.88. The van der Waals surface area contributed by atoms with E-state index in [2.05, 4.69) is 14.9 Å². The van der Waals surface area contributed by atoms with Gasteiger partial charge in [0, 0.05) is 30.8 Å². The molecule has 4 nitrogen and oxygen atoms in total. The second-order valence-electron chi connectivity index (χ2n) is 4.93. The molecule has 2 aliphatic heterocycles. The summed E-state index contributed by atoms with van der Waals surface area (Å²) in [6.45, 7) is 3.15. The Labute approximate surface area is 95.7 Å². The minimum absolute atomic E-state index is 0.162. The van der Waals surface area contributed by atoms with Crippen LogP contribution in [0.15, 0.2) is 6.20 Å². The van der Waals surface area contributed by atoms with Gasteiger partial charge in [-0.05, 0) is 32.4 Å². The standard InChI is InChI=1S/C12H19N3O/c16-11-3-6-15-10(7-11)8-14-12(15)9-1-4-13-5-2-9/h8-9,11,13,16H,1-7H2. The quantitative estimate of drug-likeness (QED) is 0.732. The van der Waals surface area contributed by atoms with Crippen molar-refractivity contribution in [2.24, 2.45) is 0 Å². The number of aromatic nitrogens is 2. The lowest BCUT2D eigenvalue weighted by Crippen LogP contribution is -2.30. The average Bonchev–Trinajstić information content (AvgIpc) is 2.73. The third kappa shape index (κ3) is 1.76. The molecule has 88 valence electrons. The van der Waals surface area contributed by atoms with Crippen LogP contribution in [0.25, 0.3) is 0 Å². The maximum atomic E-state index is 9.62. The van der Waals surface area contributed by atoms with Crippen molar-refractivity contribution >= 4 is 0 Å². The molecule has 16 heavy (non-hydrogen) atoms. The summed E-state index contributed by atoms with van der Waals surface area (Å²) in [7, 11) is 0. The molecule has 1 unspecified atom stereocenters. The summed E-state index contributed by atoms with van der Waals surface area (Å²) in [4.78, 5) is 4.58. The molecule has 3 heterocycles. The fraction of sp³-hybridized carbons (Fsp3) is 0.750. The average molecular weight is 221 g/mol. The van der Waals surface area contributed by atoms with Crippen LogP contribution in [0.2, 0.25) is 0 Å². The number of rotatable bonds is 1. The first-order chi connectivity index (χ1) is 7.84. The first kappa shape index (κ1) is 10.3. The Kier molecular flexibility index (Phi) is 2.69. The Hall–Kier alpha value is -0.870. The number of imidazole rings is 1. The maximum Gasteiger partial charge on any atom is 0.112 e. The molecule has 0 aromatic carbocycles. The largest absolute Gasteiger partial charge is 0.393 e. The minimum atomic E-state index is -0.162. The van der Waals surface area contributed by atoms with E-state index < -0.39 is 0 Å². The zero-order chi connectivity index (χ0) is 11.0. The zero-order valence-electron chi connectivity index (χ0n) is 9.52. The number of hydrogen-bond acceptors (Lipinski definition) is 3. The van der Waals surface area contributed by atoms with Crippen LogP contribution in [-0.4, -0.2) is 33.9 Å². The highest BCUT2D eigenvalue weighted by Gasteiger charge is 2.25. The third-order valence-corrected chi connectivity index (χ3v) is 3.80. The summed E-state index contributed by atoms with van der Waals surface area (Å²) in [5.41, 5.74) is 1.22. The second-order valence-corrected chi connectivity index (χ2v) is 4.93. The molecule has 0 radical (unpaired) electrons. The summed E-state index contributed by atoms with van der Waals surface area (Å²) in [5, 5.41) is 13.0. The summed E-state index contributed by atoms with van der Waals surface area (Å²) < 4.78 is 2.34. The molecule has 2 aliphatic rings. The maximum absolute atomic E-state index is 9.62. The van der Waals surface area contributed by atoms with Gasteiger partial charge in [-0.3, -0.25) is 0 Å². The van der Waals surface area contributed by atoms with E-state index in [1.54, 1.807) is 0 Å². The molecule has 1 aromatic heterocycles. The summed E-state index contributed by atoms with van der Waals surface area (Å²) in [6, 6.07) is 0. The Morgan fingerprint density at radius 2 is 2.12 bits per heavy atom. The van der Waals surface area contributed by atoms with Gasteiger partial charge in [-0.15, -0.1) is 0 Å². The van der Waals surface area contributed by atoms with Crippen molar-refractivity contribution in [2.75, 3.05) is 13.1 Å². The molecule has 0 saturated carbocycles. The number of aliphatic hydroxyl groups is 1. The van der Waals surface area contributed by atoms with E-state index in [0.717, 1.165) is 32.5 Å². The number of hydrogen-bond donors (Lipinski definition) is 2. The highest BCUT2D eigenvalue weighted by Crippen LogP contribution is 2.27. The van der Waals surface area contributed by atoms with Crippen molar-refractivity contribution < 1.29 is 5.11 Å². The van der Waals surface area contributed by atoms with Crippen LogP contribution < -0.4 is 5.32 Å². The van der Waals surface area contributed by atoms with Crippen LogP contribution in [0.4, 0.5) is 0 Å². The molecule has 0 bridgehead atoms. The van der Waals surface area contributed by atoms with E-state index in [0.29, 0.717) is 5.92 Å². The van der Waals surface area contributed by atoms with Gasteiger partial charge in [0.2, 0.25) is 0 Å². The van der Waals surface area contributed by atoms with Crippen LogP contribution in [0, 0.1) is 0 Å². The minimum Gasteiger partial charge on any atom is -0.393 e. The molecule has 1 atom stereocenters. The van der Waals surface area contributed by atoms with Gasteiger partial charge in [0.05, 0.1) is 6.10 Å². The van der Waals surface area contributed by atoms with Gasteiger partial charge in [0.25, 0.3) is 0 Å². The summed E-state index contributed by atoms with van der Waals surface area (Å²) >= 11 is 0. The molecule has 1 fully saturated rings. The monoisotopic (exact) mass is 221 g/mol. The highest BCUT2D eigenvalue weighted by atomic mass is 16.3. The predicted molar refractivity (Wildman–Crippen MR) is 61.4 cm³/mol. The van der Waals surface area contributed by atoms with Crippen molar-refractivity contribution in [3.63, 3.8) is 0 Å². The SMILES string of the molecule is OC1CCn2c(cnc2C2CCNCC2)C1. The molecular formula is C12H19N3O. The predicted octanol–water partition coefficient (Wildman–Crippen LogP) is 0.657. The van der Waals surface area contributed by atoms with Crippen molar-refractivity contribution in [1.29, 1.82) is 0 Å². The molecule has 4 heteroatoms. The fourth-order valence-electron chi connectivity index (χ4n) is 2.88. The van der Waals surface area contributed by atoms with Crippen LogP contribution in [0.5, 0.6) is 0 Å². The Morgan fingerprint density at radius 1 is 1.31 bits per heavy atom. The number of piperidine rings is 1. The Bertz CT molecular complexity index is 368. The number of aliphatic hydroxyl groups excluding tert-OH is 1. The van der Waals surface area contributed by atoms with Crippen molar-refractivity contribution in [3.05, 3.63) is 17.7 Å². The molecule has 1 saturated heterocycles. The van der Waals surface area contributed by atoms with Gasteiger partial charge in [-0.1, -0.05) is 0 Å². The molecule has 1 aromatic rings. The molecule has 3 rings (SSSR count). The molecular weight excluding hydrogens is 202 g/mol. The topological polar surface area (TPSA) is 50.1 Å². The van der Waals surface area contributed by atoms with E-state index >= 15 is 0 Å². The lowest BCUT2D eigenvalue weighted by molar-refractivity contribution is 0.142. The van der Waals surface area contributed by atoms with E-state index in [1.807, 2.05) is 6.20 Å². The van der Waals surface area contributed by atoms with Gasteiger partial charge >= 0.3 is 0 Å². The Balaban J connectivity index is 1.85. The molecule has 0 aliphatic carbocycles. The van der Waals surface area contributed by atoms with Crippen molar-refractivity contribution in [2.45, 2.75) is 44.2 Å². The lowest BCUT2D eigenvalue weighted by atomic mass is 9.96. The van der Waals surface area contributed by atoms with Gasteiger partial charge < -0.3 is 15.0 Å². The van der Waals surface area contributed by atoms with Crippen molar-refractivity contribution in [1.82, 2.24) is 14.9 Å². The van der Waals surface area contributed by atoms with Gasteiger partial charge in [-0.2, -0.15) is 0 Å². The van der Waals surface area contributed by atoms with Gasteiger partial charge in [-0.25, -0.2) is 4.98 Å². The van der Waals surface area contributed by atoms with Crippen LogP contribution in [-0.2, 0) is 13.0 Å². The summed E-state index contributed by atoms with van der Waals surface area (Å²) in [6.07, 6.45) is 5.84. The van der Waals surface area contributed by atoms with E-state index in [1.165, 1.54) is 24.4 Å². The first-order valence-corrected chi connectivity index (χ1v) is 6.27. The molecule has 0 spiro atoms. The lowest BCUT2D eigenvalue weighted by Gasteiger charge is -2.26. The van der Waals surface area contributed by atoms with E-state index in [9.17, 15) is 5.11 Å². The van der Waals surface area contributed by atoms with E-state index in [4.69, 9.17) is 0 Å². The zero-order valence-corrected chi connectivity index (χ0v) is 9.52. The molecule has 0 amide bonds. The smallest absolute Gasteiger partial charge is 0.112 e. The second kappa shape index (κ2) is 4.18. The van der Waals surface area contributed by atoms with Crippen LogP contribution in [0.1, 0.15) is 36.7 Å². The summed E-state index contributed by atoms with van der Waals surface area (Å²) in [5.74, 6) is 1.87. The van der Waals surface area contributed by atoms with Crippen LogP contribution in [0.3, 0.4) is 0 Å². The normalized spacial score (nSPS) is 26.7. The molecule has 2 N–H and O–H groups in total. The van der Waals surface area contributed by atoms with Crippen LogP contribution >= 0.6 is 0 Å². The first-order valence-electron chi connectivity index (χ1n) is 6.27. The van der Waals surface area contributed by atoms with E-state index in [-0.39, 0.29) is 6.10 Å². The number of nitrogens with one attached hydrogen (secondary N) is 1. The number of fused-ring (bicyclic) bond motifs is 1. The Morgan fingerprint density at radius 3 is 2.94 bits per heavy atom. The third-order valence-electron chi connectivity index (χ3n) is 3.80. The highest BCUT2D eigenvalue weighted by molar-refractivity contribution is 5.13. The van der Waals surface area contributed by atoms with Gasteiger partial charge in [0.15, 0.2) is 0 Å². The number of nitrogens with zero attached hydrogens (tertiary/aromatic N) is 2.